The van der Waals surface area contributed by atoms with Gasteiger partial charge < -0.3 is 5.32 Å². The van der Waals surface area contributed by atoms with Crippen LogP contribution in [0.2, 0.25) is 0 Å². The maximum atomic E-state index is 13.2. The van der Waals surface area contributed by atoms with Crippen molar-refractivity contribution in [1.82, 2.24) is 5.32 Å². The van der Waals surface area contributed by atoms with Crippen LogP contribution in [0.25, 0.3) is 0 Å². The predicted octanol–water partition coefficient (Wildman–Crippen LogP) is 4.40. The molecule has 0 heterocycles. The Morgan fingerprint density at radius 2 is 2.00 bits per heavy atom. The maximum absolute atomic E-state index is 13.2. The Morgan fingerprint density at radius 1 is 1.21 bits per heavy atom. The van der Waals surface area contributed by atoms with Crippen molar-refractivity contribution in [3.63, 3.8) is 0 Å². The number of rotatable bonds is 4. The molecule has 1 nitrogen and oxygen atoms in total. The summed E-state index contributed by atoms with van der Waals surface area (Å²) in [5.41, 5.74) is 3.47. The molecule has 19 heavy (non-hydrogen) atoms. The first kappa shape index (κ1) is 14.2. The summed E-state index contributed by atoms with van der Waals surface area (Å²) < 4.78 is 14.3. The lowest BCUT2D eigenvalue weighted by Gasteiger charge is -2.19. The van der Waals surface area contributed by atoms with Crippen molar-refractivity contribution in [3.05, 3.63) is 69.4 Å². The summed E-state index contributed by atoms with van der Waals surface area (Å²) in [4.78, 5) is 0. The molecule has 100 valence electrons. The van der Waals surface area contributed by atoms with Crippen molar-refractivity contribution in [1.29, 1.82) is 0 Å². The Bertz CT molecular complexity index is 568. The van der Waals surface area contributed by atoms with Crippen LogP contribution in [0.4, 0.5) is 4.39 Å². The van der Waals surface area contributed by atoms with Crippen molar-refractivity contribution < 1.29 is 4.39 Å². The summed E-state index contributed by atoms with van der Waals surface area (Å²) >= 11 is 3.50. The van der Waals surface area contributed by atoms with Gasteiger partial charge in [0.2, 0.25) is 0 Å². The second-order valence-electron chi connectivity index (χ2n) is 4.68. The Labute approximate surface area is 122 Å². The van der Waals surface area contributed by atoms with Gasteiger partial charge in [-0.2, -0.15) is 0 Å². The van der Waals surface area contributed by atoms with E-state index in [2.05, 4.69) is 40.3 Å². The van der Waals surface area contributed by atoms with Gasteiger partial charge >= 0.3 is 0 Å². The lowest BCUT2D eigenvalue weighted by Crippen LogP contribution is -2.20. The van der Waals surface area contributed by atoms with Crippen LogP contribution in [0.5, 0.6) is 0 Å². The van der Waals surface area contributed by atoms with Gasteiger partial charge in [-0.3, -0.25) is 0 Å². The molecule has 0 fully saturated rings. The average Bonchev–Trinajstić information content (AvgIpc) is 2.39. The number of hydrogen-bond donors (Lipinski definition) is 1. The minimum Gasteiger partial charge on any atom is -0.313 e. The number of hydrogen-bond acceptors (Lipinski definition) is 1. The van der Waals surface area contributed by atoms with Gasteiger partial charge in [-0.15, -0.1) is 0 Å². The molecule has 0 spiro atoms. The van der Waals surface area contributed by atoms with Crippen LogP contribution in [-0.2, 0) is 6.42 Å². The topological polar surface area (TPSA) is 12.0 Å². The molecule has 0 radical (unpaired) electrons. The second-order valence-corrected chi connectivity index (χ2v) is 5.59. The van der Waals surface area contributed by atoms with Crippen LogP contribution >= 0.6 is 15.9 Å². The largest absolute Gasteiger partial charge is 0.313 e. The molecule has 0 aromatic heterocycles. The molecule has 1 atom stereocenters. The third kappa shape index (κ3) is 3.64. The van der Waals surface area contributed by atoms with Gasteiger partial charge in [-0.05, 0) is 61.3 Å². The van der Waals surface area contributed by atoms with Crippen LogP contribution < -0.4 is 5.32 Å². The van der Waals surface area contributed by atoms with E-state index < -0.39 is 0 Å². The fourth-order valence-corrected chi connectivity index (χ4v) is 2.63. The van der Waals surface area contributed by atoms with Crippen molar-refractivity contribution >= 4 is 15.9 Å². The lowest BCUT2D eigenvalue weighted by atomic mass is 9.95. The molecule has 0 saturated heterocycles. The third-order valence-corrected chi connectivity index (χ3v) is 3.79. The molecule has 0 bridgehead atoms. The van der Waals surface area contributed by atoms with Gasteiger partial charge in [0.1, 0.15) is 5.82 Å². The molecule has 3 heteroatoms. The fourth-order valence-electron chi connectivity index (χ4n) is 2.25. The van der Waals surface area contributed by atoms with Gasteiger partial charge in [0.25, 0.3) is 0 Å². The highest BCUT2D eigenvalue weighted by Gasteiger charge is 2.13. The molecule has 0 aliphatic heterocycles. The molecule has 2 aromatic rings. The normalized spacial score (nSPS) is 12.4. The summed E-state index contributed by atoms with van der Waals surface area (Å²) in [5.74, 6) is -0.182. The Kier molecular flexibility index (Phi) is 4.72. The van der Waals surface area contributed by atoms with Crippen LogP contribution in [0, 0.1) is 12.7 Å². The summed E-state index contributed by atoms with van der Waals surface area (Å²) in [6, 6.07) is 13.2. The van der Waals surface area contributed by atoms with E-state index in [-0.39, 0.29) is 11.9 Å². The van der Waals surface area contributed by atoms with Crippen LogP contribution in [-0.4, -0.2) is 7.05 Å². The zero-order valence-corrected chi connectivity index (χ0v) is 12.7. The summed E-state index contributed by atoms with van der Waals surface area (Å²) in [6.07, 6.45) is 0.769. The number of aryl methyl sites for hydroxylation is 1. The van der Waals surface area contributed by atoms with Gasteiger partial charge in [-0.1, -0.05) is 34.1 Å². The number of benzene rings is 2. The Morgan fingerprint density at radius 3 is 2.68 bits per heavy atom. The van der Waals surface area contributed by atoms with E-state index in [0.29, 0.717) is 0 Å². The second kappa shape index (κ2) is 6.31. The van der Waals surface area contributed by atoms with Crippen molar-refractivity contribution in [2.24, 2.45) is 0 Å². The standard InChI is InChI=1S/C16H17BrFN/c1-11-6-7-13(17)10-15(11)16(19-2)9-12-4-3-5-14(18)8-12/h3-8,10,16,19H,9H2,1-2H3. The minimum atomic E-state index is -0.182. The van der Waals surface area contributed by atoms with E-state index in [4.69, 9.17) is 0 Å². The Balaban J connectivity index is 2.27. The molecule has 0 aliphatic rings. The monoisotopic (exact) mass is 321 g/mol. The van der Waals surface area contributed by atoms with Gasteiger partial charge in [0, 0.05) is 10.5 Å². The molecule has 1 unspecified atom stereocenters. The summed E-state index contributed by atoms with van der Waals surface area (Å²) in [5, 5.41) is 3.31. The van der Waals surface area contributed by atoms with Gasteiger partial charge in [-0.25, -0.2) is 4.39 Å². The minimum absolute atomic E-state index is 0.180. The zero-order valence-electron chi connectivity index (χ0n) is 11.1. The highest BCUT2D eigenvalue weighted by Crippen LogP contribution is 2.25. The van der Waals surface area contributed by atoms with E-state index in [0.717, 1.165) is 16.5 Å². The smallest absolute Gasteiger partial charge is 0.123 e. The van der Waals surface area contributed by atoms with Crippen molar-refractivity contribution in [2.45, 2.75) is 19.4 Å². The van der Waals surface area contributed by atoms with E-state index >= 15 is 0 Å². The molecule has 0 amide bonds. The molecular weight excluding hydrogens is 305 g/mol. The van der Waals surface area contributed by atoms with Crippen LogP contribution in [0.15, 0.2) is 46.9 Å². The quantitative estimate of drug-likeness (QED) is 0.880. The zero-order chi connectivity index (χ0) is 13.8. The molecule has 2 rings (SSSR count). The SMILES string of the molecule is CNC(Cc1cccc(F)c1)c1cc(Br)ccc1C. The summed E-state index contributed by atoms with van der Waals surface area (Å²) in [6.45, 7) is 2.09. The van der Waals surface area contributed by atoms with Crippen LogP contribution in [0.3, 0.4) is 0 Å². The molecule has 2 aromatic carbocycles. The summed E-state index contributed by atoms with van der Waals surface area (Å²) in [7, 11) is 1.93. The first-order chi connectivity index (χ1) is 9.10. The van der Waals surface area contributed by atoms with E-state index in [9.17, 15) is 4.39 Å². The average molecular weight is 322 g/mol. The van der Waals surface area contributed by atoms with Gasteiger partial charge in [0.15, 0.2) is 0 Å². The van der Waals surface area contributed by atoms with E-state index in [1.54, 1.807) is 12.1 Å². The highest BCUT2D eigenvalue weighted by atomic mass is 79.9. The van der Waals surface area contributed by atoms with Gasteiger partial charge in [0.05, 0.1) is 0 Å². The predicted molar refractivity (Wildman–Crippen MR) is 80.8 cm³/mol. The number of halogens is 2. The van der Waals surface area contributed by atoms with Crippen molar-refractivity contribution in [3.8, 4) is 0 Å². The molecular formula is C16H17BrFN. The van der Waals surface area contributed by atoms with Crippen molar-refractivity contribution in [2.75, 3.05) is 7.05 Å². The number of nitrogens with one attached hydrogen (secondary N) is 1. The number of likely N-dealkylation sites (N-methyl/N-ethyl adjacent to an activating group) is 1. The first-order valence-electron chi connectivity index (χ1n) is 6.28. The van der Waals surface area contributed by atoms with Crippen LogP contribution in [0.1, 0.15) is 22.7 Å². The lowest BCUT2D eigenvalue weighted by molar-refractivity contribution is 0.581. The fraction of sp³-hybridized carbons (Fsp3) is 0.250. The highest BCUT2D eigenvalue weighted by molar-refractivity contribution is 9.10. The first-order valence-corrected chi connectivity index (χ1v) is 7.07. The molecule has 0 saturated carbocycles. The Hall–Kier alpha value is -1.19. The molecule has 1 N–H and O–H groups in total. The maximum Gasteiger partial charge on any atom is 0.123 e. The van der Waals surface area contributed by atoms with E-state index in [1.165, 1.54) is 17.2 Å². The van der Waals surface area contributed by atoms with E-state index in [1.807, 2.05) is 19.2 Å². The third-order valence-electron chi connectivity index (χ3n) is 3.29. The molecule has 0 aliphatic carbocycles.